The molecule has 0 aromatic carbocycles. The minimum absolute atomic E-state index is 0.0977. The van der Waals surface area contributed by atoms with E-state index in [0.29, 0.717) is 25.7 Å². The number of carbonyl (C=O) groups is 1. The van der Waals surface area contributed by atoms with Gasteiger partial charge in [0, 0.05) is 12.3 Å². The Labute approximate surface area is 126 Å². The zero-order chi connectivity index (χ0) is 16.3. The third kappa shape index (κ3) is 4.11. The average Bonchev–Trinajstić information content (AvgIpc) is 2.46. The average molecular weight is 317 g/mol. The van der Waals surface area contributed by atoms with Gasteiger partial charge in [0.15, 0.2) is 0 Å². The van der Waals surface area contributed by atoms with E-state index in [2.05, 4.69) is 4.98 Å². The smallest absolute Gasteiger partial charge is 0.433 e. The normalized spacial score (nSPS) is 23.8. The molecule has 1 aliphatic rings. The van der Waals surface area contributed by atoms with E-state index in [1.54, 1.807) is 6.92 Å². The van der Waals surface area contributed by atoms with Gasteiger partial charge in [-0.15, -0.1) is 0 Å². The van der Waals surface area contributed by atoms with E-state index in [0.717, 1.165) is 12.3 Å². The minimum atomic E-state index is -4.49. The van der Waals surface area contributed by atoms with Crippen molar-refractivity contribution in [3.05, 3.63) is 24.0 Å². The largest absolute Gasteiger partial charge is 0.490 e. The Hall–Kier alpha value is -1.79. The van der Waals surface area contributed by atoms with Crippen molar-refractivity contribution in [2.45, 2.75) is 44.9 Å². The van der Waals surface area contributed by atoms with Crippen LogP contribution in [-0.4, -0.2) is 22.2 Å². The van der Waals surface area contributed by atoms with E-state index in [4.69, 9.17) is 9.84 Å². The predicted octanol–water partition coefficient (Wildman–Crippen LogP) is 3.76. The Kier molecular flexibility index (Phi) is 4.93. The Bertz CT molecular complexity index is 525. The van der Waals surface area contributed by atoms with Gasteiger partial charge in [-0.3, -0.25) is 9.78 Å². The highest BCUT2D eigenvalue weighted by atomic mass is 19.4. The molecule has 1 saturated carbocycles. The van der Waals surface area contributed by atoms with E-state index in [-0.39, 0.29) is 17.8 Å². The van der Waals surface area contributed by atoms with Gasteiger partial charge in [-0.25, -0.2) is 0 Å². The molecule has 1 N–H and O–H groups in total. The van der Waals surface area contributed by atoms with Crippen LogP contribution in [0.4, 0.5) is 13.2 Å². The van der Waals surface area contributed by atoms with Crippen molar-refractivity contribution >= 4 is 5.97 Å². The lowest BCUT2D eigenvalue weighted by atomic mass is 9.80. The van der Waals surface area contributed by atoms with Crippen LogP contribution < -0.4 is 4.74 Å². The minimum Gasteiger partial charge on any atom is -0.490 e. The zero-order valence-electron chi connectivity index (χ0n) is 12.1. The Morgan fingerprint density at radius 2 is 2.00 bits per heavy atom. The fourth-order valence-electron chi connectivity index (χ4n) is 2.74. The second kappa shape index (κ2) is 6.54. The summed E-state index contributed by atoms with van der Waals surface area (Å²) in [6.45, 7) is 1.69. The van der Waals surface area contributed by atoms with E-state index >= 15 is 0 Å². The molecule has 0 unspecified atom stereocenters. The van der Waals surface area contributed by atoms with Gasteiger partial charge >= 0.3 is 12.1 Å². The molecule has 122 valence electrons. The first kappa shape index (κ1) is 16.6. The van der Waals surface area contributed by atoms with Crippen LogP contribution in [0.5, 0.6) is 5.75 Å². The molecule has 0 aliphatic heterocycles. The summed E-state index contributed by atoms with van der Waals surface area (Å²) in [4.78, 5) is 14.2. The molecular weight excluding hydrogens is 299 g/mol. The molecule has 0 saturated heterocycles. The van der Waals surface area contributed by atoms with Gasteiger partial charge < -0.3 is 9.84 Å². The monoisotopic (exact) mass is 317 g/mol. The summed E-state index contributed by atoms with van der Waals surface area (Å²) in [6.07, 6.45) is -0.895. The van der Waals surface area contributed by atoms with Gasteiger partial charge in [-0.05, 0) is 37.7 Å². The molecular formula is C15H18F3NO3. The number of pyridine rings is 1. The first-order valence-corrected chi connectivity index (χ1v) is 7.20. The molecule has 4 nitrogen and oxygen atoms in total. The molecule has 1 aromatic heterocycles. The second-order valence-electron chi connectivity index (χ2n) is 5.66. The second-order valence-corrected chi connectivity index (χ2v) is 5.66. The maximum absolute atomic E-state index is 12.6. The number of rotatable bonds is 4. The van der Waals surface area contributed by atoms with E-state index in [9.17, 15) is 18.0 Å². The molecule has 1 aromatic rings. The highest BCUT2D eigenvalue weighted by molar-refractivity contribution is 5.69. The van der Waals surface area contributed by atoms with E-state index in [1.165, 1.54) is 6.07 Å². The Morgan fingerprint density at radius 1 is 1.36 bits per heavy atom. The van der Waals surface area contributed by atoms with E-state index in [1.807, 2.05) is 0 Å². The zero-order valence-corrected chi connectivity index (χ0v) is 12.1. The van der Waals surface area contributed by atoms with Gasteiger partial charge in [0.1, 0.15) is 11.4 Å². The third-order valence-corrected chi connectivity index (χ3v) is 4.14. The fourth-order valence-corrected chi connectivity index (χ4v) is 2.74. The molecule has 2 rings (SSSR count). The lowest BCUT2D eigenvalue weighted by molar-refractivity contribution is -0.143. The molecule has 1 aliphatic carbocycles. The lowest BCUT2D eigenvalue weighted by Crippen LogP contribution is -2.30. The van der Waals surface area contributed by atoms with Gasteiger partial charge in [0.05, 0.1) is 12.0 Å². The van der Waals surface area contributed by atoms with Gasteiger partial charge in [0.25, 0.3) is 0 Å². The summed E-state index contributed by atoms with van der Waals surface area (Å²) < 4.78 is 43.4. The van der Waals surface area contributed by atoms with Crippen molar-refractivity contribution in [3.8, 4) is 5.75 Å². The SMILES string of the molecule is C[C@@H](C(=O)O)[C@H]1CC[C@H](Oc2ccnc(C(F)(F)F)c2)CC1. The lowest BCUT2D eigenvalue weighted by Gasteiger charge is -2.31. The number of hydrogen-bond donors (Lipinski definition) is 1. The number of aromatic nitrogens is 1. The number of ether oxygens (including phenoxy) is 1. The molecule has 0 radical (unpaired) electrons. The van der Waals surface area contributed by atoms with E-state index < -0.39 is 23.8 Å². The number of halogens is 3. The number of nitrogens with zero attached hydrogens (tertiary/aromatic N) is 1. The Morgan fingerprint density at radius 3 is 2.55 bits per heavy atom. The summed E-state index contributed by atoms with van der Waals surface area (Å²) in [6, 6.07) is 2.30. The molecule has 1 heterocycles. The predicted molar refractivity (Wildman–Crippen MR) is 72.4 cm³/mol. The molecule has 22 heavy (non-hydrogen) atoms. The molecule has 0 amide bonds. The van der Waals surface area contributed by atoms with Crippen LogP contribution in [0.15, 0.2) is 18.3 Å². The van der Waals surface area contributed by atoms with Crippen LogP contribution in [-0.2, 0) is 11.0 Å². The van der Waals surface area contributed by atoms with Crippen LogP contribution in [0.1, 0.15) is 38.3 Å². The highest BCUT2D eigenvalue weighted by Crippen LogP contribution is 2.34. The fraction of sp³-hybridized carbons (Fsp3) is 0.600. The number of carboxylic acids is 1. The highest BCUT2D eigenvalue weighted by Gasteiger charge is 2.33. The molecule has 1 atom stereocenters. The summed E-state index contributed by atoms with van der Waals surface area (Å²) >= 11 is 0. The topological polar surface area (TPSA) is 59.4 Å². The van der Waals surface area contributed by atoms with Crippen LogP contribution in [0.25, 0.3) is 0 Å². The van der Waals surface area contributed by atoms with Crippen LogP contribution in [0.3, 0.4) is 0 Å². The van der Waals surface area contributed by atoms with Crippen LogP contribution >= 0.6 is 0 Å². The van der Waals surface area contributed by atoms with Crippen molar-refractivity contribution in [1.82, 2.24) is 4.98 Å². The summed E-state index contributed by atoms with van der Waals surface area (Å²) in [5.41, 5.74) is -0.974. The third-order valence-electron chi connectivity index (χ3n) is 4.14. The Balaban J connectivity index is 1.93. The quantitative estimate of drug-likeness (QED) is 0.918. The van der Waals surface area contributed by atoms with Gasteiger partial charge in [0.2, 0.25) is 0 Å². The van der Waals surface area contributed by atoms with Crippen molar-refractivity contribution in [3.63, 3.8) is 0 Å². The molecule has 1 fully saturated rings. The maximum Gasteiger partial charge on any atom is 0.433 e. The first-order valence-electron chi connectivity index (χ1n) is 7.20. The first-order chi connectivity index (χ1) is 10.3. The summed E-state index contributed by atoms with van der Waals surface area (Å²) in [7, 11) is 0. The van der Waals surface area contributed by atoms with Gasteiger partial charge in [-0.1, -0.05) is 6.92 Å². The number of aliphatic carboxylic acids is 1. The number of alkyl halides is 3. The van der Waals surface area contributed by atoms with Gasteiger partial charge in [-0.2, -0.15) is 13.2 Å². The molecule has 7 heteroatoms. The van der Waals surface area contributed by atoms with Crippen LogP contribution in [0, 0.1) is 11.8 Å². The standard InChI is InChI=1S/C15H18F3NO3/c1-9(14(20)21)10-2-4-11(5-3-10)22-12-6-7-19-13(8-12)15(16,17)18/h6-11H,2-5H2,1H3,(H,20,21)/t9-,10-,11-/m1/s1. The van der Waals surface area contributed by atoms with Crippen LogP contribution in [0.2, 0.25) is 0 Å². The summed E-state index contributed by atoms with van der Waals surface area (Å²) in [5.74, 6) is -0.968. The number of hydrogen-bond acceptors (Lipinski definition) is 3. The summed E-state index contributed by atoms with van der Waals surface area (Å²) in [5, 5.41) is 9.00. The maximum atomic E-state index is 12.6. The molecule has 0 spiro atoms. The van der Waals surface area contributed by atoms with Crippen molar-refractivity contribution in [2.24, 2.45) is 11.8 Å². The van der Waals surface area contributed by atoms with Crippen molar-refractivity contribution in [2.75, 3.05) is 0 Å². The van der Waals surface area contributed by atoms with Crippen molar-refractivity contribution < 1.29 is 27.8 Å². The number of carboxylic acid groups (broad SMARTS) is 1. The van der Waals surface area contributed by atoms with Crippen molar-refractivity contribution in [1.29, 1.82) is 0 Å². The molecule has 0 bridgehead atoms.